The summed E-state index contributed by atoms with van der Waals surface area (Å²) < 4.78 is 22.6. The van der Waals surface area contributed by atoms with Crippen LogP contribution in [0.1, 0.15) is 75.2 Å². The Hall–Kier alpha value is -0.650. The maximum Gasteiger partial charge on any atom is 0.311 e. The monoisotopic (exact) mass is 388 g/mol. The lowest BCUT2D eigenvalue weighted by atomic mass is 9.93. The highest BCUT2D eigenvalue weighted by Crippen LogP contribution is 2.19. The molecule has 0 N–H and O–H groups in total. The molecular weight excluding hydrogens is 344 g/mol. The molecule has 0 aliphatic rings. The van der Waals surface area contributed by atoms with Crippen molar-refractivity contribution in [3.05, 3.63) is 0 Å². The zero-order valence-corrected chi connectivity index (χ0v) is 19.3. The van der Waals surface area contributed by atoms with Gasteiger partial charge in [0.25, 0.3) is 0 Å². The van der Waals surface area contributed by atoms with E-state index in [1.807, 2.05) is 20.8 Å². The highest BCUT2D eigenvalue weighted by Gasteiger charge is 2.24. The van der Waals surface area contributed by atoms with Gasteiger partial charge in [-0.15, -0.1) is 0 Å². The van der Waals surface area contributed by atoms with Gasteiger partial charge >= 0.3 is 5.97 Å². The molecule has 0 saturated carbocycles. The SMILES string of the molecule is CC(C)(C)CCOCCOC(COCCC(C)(C)C)COC(=O)C(C)(C)C. The van der Waals surface area contributed by atoms with Gasteiger partial charge in [-0.1, -0.05) is 41.5 Å². The summed E-state index contributed by atoms with van der Waals surface area (Å²) in [5, 5.41) is 0. The molecule has 1 unspecified atom stereocenters. The number of carbonyl (C=O) groups is 1. The highest BCUT2D eigenvalue weighted by atomic mass is 16.6. The van der Waals surface area contributed by atoms with Crippen LogP contribution < -0.4 is 0 Å². The van der Waals surface area contributed by atoms with E-state index < -0.39 is 5.41 Å². The summed E-state index contributed by atoms with van der Waals surface area (Å²) in [6.07, 6.45) is 1.70. The second-order valence-electron chi connectivity index (χ2n) is 10.6. The van der Waals surface area contributed by atoms with Crippen molar-refractivity contribution in [3.63, 3.8) is 0 Å². The smallest absolute Gasteiger partial charge is 0.311 e. The van der Waals surface area contributed by atoms with Crippen LogP contribution in [0.15, 0.2) is 0 Å². The molecule has 0 bridgehead atoms. The first kappa shape index (κ1) is 26.4. The number of rotatable bonds is 12. The van der Waals surface area contributed by atoms with Crippen LogP contribution in [0.25, 0.3) is 0 Å². The molecule has 0 aliphatic heterocycles. The van der Waals surface area contributed by atoms with Crippen LogP contribution in [0.2, 0.25) is 0 Å². The van der Waals surface area contributed by atoms with E-state index in [0.29, 0.717) is 26.4 Å². The Balaban J connectivity index is 4.24. The van der Waals surface area contributed by atoms with Gasteiger partial charge in [0.2, 0.25) is 0 Å². The van der Waals surface area contributed by atoms with E-state index in [4.69, 9.17) is 18.9 Å². The number of hydrogen-bond donors (Lipinski definition) is 0. The van der Waals surface area contributed by atoms with Gasteiger partial charge in [0.05, 0.1) is 25.2 Å². The molecule has 27 heavy (non-hydrogen) atoms. The van der Waals surface area contributed by atoms with Gasteiger partial charge in [0, 0.05) is 13.2 Å². The van der Waals surface area contributed by atoms with Gasteiger partial charge in [-0.05, 0) is 44.4 Å². The largest absolute Gasteiger partial charge is 0.462 e. The Kier molecular flexibility index (Phi) is 11.7. The molecule has 0 rings (SSSR count). The Morgan fingerprint density at radius 2 is 1.22 bits per heavy atom. The Morgan fingerprint density at radius 3 is 1.70 bits per heavy atom. The molecule has 0 aromatic carbocycles. The predicted octanol–water partition coefficient (Wildman–Crippen LogP) is 4.87. The van der Waals surface area contributed by atoms with E-state index in [9.17, 15) is 4.79 Å². The maximum atomic E-state index is 12.0. The van der Waals surface area contributed by atoms with Gasteiger partial charge in [0.1, 0.15) is 12.7 Å². The minimum atomic E-state index is -0.520. The van der Waals surface area contributed by atoms with Crippen LogP contribution in [0.3, 0.4) is 0 Å². The van der Waals surface area contributed by atoms with E-state index >= 15 is 0 Å². The van der Waals surface area contributed by atoms with Crippen LogP contribution in [0, 0.1) is 16.2 Å². The summed E-state index contributed by atoms with van der Waals surface area (Å²) in [4.78, 5) is 12.0. The van der Waals surface area contributed by atoms with E-state index in [0.717, 1.165) is 19.4 Å². The molecule has 0 aliphatic carbocycles. The van der Waals surface area contributed by atoms with E-state index in [1.54, 1.807) is 0 Å². The minimum Gasteiger partial charge on any atom is -0.462 e. The highest BCUT2D eigenvalue weighted by molar-refractivity contribution is 5.75. The van der Waals surface area contributed by atoms with Gasteiger partial charge < -0.3 is 18.9 Å². The lowest BCUT2D eigenvalue weighted by Crippen LogP contribution is -2.32. The van der Waals surface area contributed by atoms with Crippen LogP contribution >= 0.6 is 0 Å². The van der Waals surface area contributed by atoms with Crippen molar-refractivity contribution in [1.82, 2.24) is 0 Å². The van der Waals surface area contributed by atoms with Gasteiger partial charge in [-0.3, -0.25) is 4.79 Å². The average Bonchev–Trinajstić information content (AvgIpc) is 2.48. The molecule has 0 aromatic rings. The maximum absolute atomic E-state index is 12.0. The molecule has 162 valence electrons. The first-order valence-corrected chi connectivity index (χ1v) is 10.1. The molecule has 0 amide bonds. The quantitative estimate of drug-likeness (QED) is 0.353. The van der Waals surface area contributed by atoms with Crippen molar-refractivity contribution in [2.24, 2.45) is 16.2 Å². The van der Waals surface area contributed by atoms with Crippen LogP contribution in [0.4, 0.5) is 0 Å². The van der Waals surface area contributed by atoms with Crippen LogP contribution in [-0.2, 0) is 23.7 Å². The molecule has 0 radical (unpaired) electrons. The summed E-state index contributed by atoms with van der Waals surface area (Å²) in [6, 6.07) is 0. The summed E-state index contributed by atoms with van der Waals surface area (Å²) in [5.74, 6) is -0.229. The standard InChI is InChI=1S/C22H44O5/c1-20(2,3)10-12-24-14-15-26-18(16-25-13-11-21(4,5)6)17-27-19(23)22(7,8)9/h18H,10-17H2,1-9H3. The van der Waals surface area contributed by atoms with Crippen molar-refractivity contribution in [2.75, 3.05) is 39.6 Å². The summed E-state index contributed by atoms with van der Waals surface area (Å²) in [7, 11) is 0. The Bertz CT molecular complexity index is 398. The van der Waals surface area contributed by atoms with Crippen molar-refractivity contribution >= 4 is 5.97 Å². The molecule has 0 heterocycles. The normalized spacial score (nSPS) is 14.3. The van der Waals surface area contributed by atoms with Crippen molar-refractivity contribution in [2.45, 2.75) is 81.3 Å². The van der Waals surface area contributed by atoms with E-state index in [1.165, 1.54) is 0 Å². The summed E-state index contributed by atoms with van der Waals surface area (Å²) in [6.45, 7) is 21.7. The third-order valence-electron chi connectivity index (χ3n) is 3.89. The topological polar surface area (TPSA) is 54.0 Å². The lowest BCUT2D eigenvalue weighted by Gasteiger charge is -2.23. The molecular formula is C22H44O5. The lowest BCUT2D eigenvalue weighted by molar-refractivity contribution is -0.159. The van der Waals surface area contributed by atoms with E-state index in [-0.39, 0.29) is 29.5 Å². The molecule has 1 atom stereocenters. The van der Waals surface area contributed by atoms with Gasteiger partial charge in [-0.2, -0.15) is 0 Å². The molecule has 0 saturated heterocycles. The van der Waals surface area contributed by atoms with Gasteiger partial charge in [-0.25, -0.2) is 0 Å². The molecule has 0 fully saturated rings. The fourth-order valence-electron chi connectivity index (χ4n) is 1.88. The second kappa shape index (κ2) is 12.0. The molecule has 0 aromatic heterocycles. The second-order valence-corrected chi connectivity index (χ2v) is 10.6. The van der Waals surface area contributed by atoms with Crippen molar-refractivity contribution in [1.29, 1.82) is 0 Å². The molecule has 5 nitrogen and oxygen atoms in total. The third-order valence-corrected chi connectivity index (χ3v) is 3.89. The van der Waals surface area contributed by atoms with Crippen LogP contribution in [0.5, 0.6) is 0 Å². The van der Waals surface area contributed by atoms with Crippen LogP contribution in [-0.4, -0.2) is 51.7 Å². The number of esters is 1. The first-order valence-electron chi connectivity index (χ1n) is 10.1. The minimum absolute atomic E-state index is 0.202. The molecule has 0 spiro atoms. The Morgan fingerprint density at radius 1 is 0.704 bits per heavy atom. The fourth-order valence-corrected chi connectivity index (χ4v) is 1.88. The van der Waals surface area contributed by atoms with Gasteiger partial charge in [0.15, 0.2) is 0 Å². The first-order chi connectivity index (χ1) is 12.2. The zero-order chi connectivity index (χ0) is 21.1. The van der Waals surface area contributed by atoms with Crippen molar-refractivity contribution in [3.8, 4) is 0 Å². The fraction of sp³-hybridized carbons (Fsp3) is 0.955. The number of carbonyl (C=O) groups excluding carboxylic acids is 1. The van der Waals surface area contributed by atoms with E-state index in [2.05, 4.69) is 41.5 Å². The predicted molar refractivity (Wildman–Crippen MR) is 110 cm³/mol. The number of ether oxygens (including phenoxy) is 4. The van der Waals surface area contributed by atoms with Crippen molar-refractivity contribution < 1.29 is 23.7 Å². The summed E-state index contributed by atoms with van der Waals surface area (Å²) in [5.41, 5.74) is -0.0187. The average molecular weight is 389 g/mol. The number of hydrogen-bond acceptors (Lipinski definition) is 5. The Labute approximate surface area is 167 Å². The zero-order valence-electron chi connectivity index (χ0n) is 19.3. The third kappa shape index (κ3) is 17.2. The molecule has 5 heteroatoms. The summed E-state index contributed by atoms with van der Waals surface area (Å²) >= 11 is 0.